The number of aromatic nitrogens is 1. The van der Waals surface area contributed by atoms with Crippen molar-refractivity contribution in [3.63, 3.8) is 0 Å². The number of carbonyl (C=O) groups excluding carboxylic acids is 2. The smallest absolute Gasteiger partial charge is 0.261 e. The van der Waals surface area contributed by atoms with Crippen LogP contribution in [0, 0.1) is 6.92 Å². The van der Waals surface area contributed by atoms with Gasteiger partial charge in [0.05, 0.1) is 16.1 Å². The van der Waals surface area contributed by atoms with E-state index in [-0.39, 0.29) is 11.8 Å². The Morgan fingerprint density at radius 2 is 2.04 bits per heavy atom. The third-order valence-corrected chi connectivity index (χ3v) is 4.73. The average molecular weight is 353 g/mol. The van der Waals surface area contributed by atoms with Crippen LogP contribution in [0.4, 0.5) is 5.69 Å². The SMILES string of the molecule is Cc1ccc(NC(=O)CCCNC(=O)c2cccs2)c2cccnc12. The van der Waals surface area contributed by atoms with Crippen LogP contribution in [0.2, 0.25) is 0 Å². The Hall–Kier alpha value is -2.73. The molecule has 2 N–H and O–H groups in total. The van der Waals surface area contributed by atoms with Crippen LogP contribution in [0.5, 0.6) is 0 Å². The van der Waals surface area contributed by atoms with Crippen molar-refractivity contribution in [2.45, 2.75) is 19.8 Å². The fourth-order valence-electron chi connectivity index (χ4n) is 2.58. The summed E-state index contributed by atoms with van der Waals surface area (Å²) in [6.07, 6.45) is 2.68. The van der Waals surface area contributed by atoms with Crippen LogP contribution < -0.4 is 10.6 Å². The first-order valence-electron chi connectivity index (χ1n) is 8.11. The van der Waals surface area contributed by atoms with E-state index in [0.29, 0.717) is 24.3 Å². The van der Waals surface area contributed by atoms with Crippen LogP contribution in [-0.2, 0) is 4.79 Å². The largest absolute Gasteiger partial charge is 0.351 e. The van der Waals surface area contributed by atoms with Gasteiger partial charge < -0.3 is 10.6 Å². The Morgan fingerprint density at radius 1 is 1.16 bits per heavy atom. The lowest BCUT2D eigenvalue weighted by Gasteiger charge is -2.10. The number of anilines is 1. The molecule has 0 fully saturated rings. The van der Waals surface area contributed by atoms with E-state index in [9.17, 15) is 9.59 Å². The summed E-state index contributed by atoms with van der Waals surface area (Å²) >= 11 is 1.40. The molecule has 0 aliphatic carbocycles. The van der Waals surface area contributed by atoms with E-state index >= 15 is 0 Å². The molecule has 0 radical (unpaired) electrons. The van der Waals surface area contributed by atoms with Crippen LogP contribution in [0.3, 0.4) is 0 Å². The first-order valence-corrected chi connectivity index (χ1v) is 8.99. The molecule has 0 unspecified atom stereocenters. The molecule has 0 atom stereocenters. The van der Waals surface area contributed by atoms with E-state index in [1.54, 1.807) is 12.3 Å². The van der Waals surface area contributed by atoms with E-state index in [4.69, 9.17) is 0 Å². The summed E-state index contributed by atoms with van der Waals surface area (Å²) < 4.78 is 0. The topological polar surface area (TPSA) is 71.1 Å². The van der Waals surface area contributed by atoms with Gasteiger partial charge >= 0.3 is 0 Å². The summed E-state index contributed by atoms with van der Waals surface area (Å²) in [4.78, 5) is 29.0. The second-order valence-electron chi connectivity index (χ2n) is 5.71. The van der Waals surface area contributed by atoms with E-state index in [1.165, 1.54) is 11.3 Å². The van der Waals surface area contributed by atoms with Crippen molar-refractivity contribution in [1.29, 1.82) is 0 Å². The van der Waals surface area contributed by atoms with Gasteiger partial charge in [0.15, 0.2) is 0 Å². The van der Waals surface area contributed by atoms with Gasteiger partial charge in [-0.25, -0.2) is 0 Å². The van der Waals surface area contributed by atoms with Gasteiger partial charge in [0.2, 0.25) is 5.91 Å². The zero-order valence-electron chi connectivity index (χ0n) is 13.9. The Bertz CT molecular complexity index is 891. The number of hydrogen-bond donors (Lipinski definition) is 2. The zero-order valence-corrected chi connectivity index (χ0v) is 14.7. The maximum absolute atomic E-state index is 12.2. The number of thiophene rings is 1. The van der Waals surface area contributed by atoms with Gasteiger partial charge in [-0.05, 0) is 48.6 Å². The van der Waals surface area contributed by atoms with Crippen LogP contribution in [-0.4, -0.2) is 23.3 Å². The van der Waals surface area contributed by atoms with Gasteiger partial charge in [-0.1, -0.05) is 12.1 Å². The van der Waals surface area contributed by atoms with E-state index < -0.39 is 0 Å². The van der Waals surface area contributed by atoms with Gasteiger partial charge in [-0.15, -0.1) is 11.3 Å². The maximum atomic E-state index is 12.2. The van der Waals surface area contributed by atoms with Crippen LogP contribution >= 0.6 is 11.3 Å². The first kappa shape index (κ1) is 17.1. The molecule has 0 saturated carbocycles. The van der Waals surface area contributed by atoms with Crippen molar-refractivity contribution < 1.29 is 9.59 Å². The van der Waals surface area contributed by atoms with Crippen molar-refractivity contribution in [2.75, 3.05) is 11.9 Å². The minimum absolute atomic E-state index is 0.0700. The maximum Gasteiger partial charge on any atom is 0.261 e. The molecule has 128 valence electrons. The quantitative estimate of drug-likeness (QED) is 0.663. The number of pyridine rings is 1. The fraction of sp³-hybridized carbons (Fsp3) is 0.211. The molecule has 2 heterocycles. The summed E-state index contributed by atoms with van der Waals surface area (Å²) in [7, 11) is 0. The highest BCUT2D eigenvalue weighted by molar-refractivity contribution is 7.12. The lowest BCUT2D eigenvalue weighted by atomic mass is 10.1. The average Bonchev–Trinajstić information content (AvgIpc) is 3.16. The molecule has 2 aromatic heterocycles. The second-order valence-corrected chi connectivity index (χ2v) is 6.66. The minimum Gasteiger partial charge on any atom is -0.351 e. The molecule has 1 aromatic carbocycles. The van der Waals surface area contributed by atoms with Gasteiger partial charge in [-0.3, -0.25) is 14.6 Å². The van der Waals surface area contributed by atoms with Crippen molar-refractivity contribution in [3.05, 3.63) is 58.4 Å². The predicted octanol–water partition coefficient (Wildman–Crippen LogP) is 3.75. The number of nitrogens with one attached hydrogen (secondary N) is 2. The number of amides is 2. The molecular formula is C19H19N3O2S. The Labute approximate surface area is 150 Å². The first-order chi connectivity index (χ1) is 12.1. The number of nitrogens with zero attached hydrogens (tertiary/aromatic N) is 1. The van der Waals surface area contributed by atoms with Crippen LogP contribution in [0.15, 0.2) is 48.0 Å². The minimum atomic E-state index is -0.0917. The van der Waals surface area contributed by atoms with Crippen molar-refractivity contribution in [2.24, 2.45) is 0 Å². The normalized spacial score (nSPS) is 10.6. The highest BCUT2D eigenvalue weighted by Crippen LogP contribution is 2.24. The lowest BCUT2D eigenvalue weighted by Crippen LogP contribution is -2.24. The lowest BCUT2D eigenvalue weighted by molar-refractivity contribution is -0.116. The van der Waals surface area contributed by atoms with Crippen molar-refractivity contribution in [1.82, 2.24) is 10.3 Å². The molecule has 25 heavy (non-hydrogen) atoms. The second kappa shape index (κ2) is 7.90. The molecule has 0 aliphatic heterocycles. The zero-order chi connectivity index (χ0) is 17.6. The Kier molecular flexibility index (Phi) is 5.40. The summed E-state index contributed by atoms with van der Waals surface area (Å²) in [5.74, 6) is -0.162. The summed E-state index contributed by atoms with van der Waals surface area (Å²) in [5, 5.41) is 8.56. The highest BCUT2D eigenvalue weighted by atomic mass is 32.1. The summed E-state index contributed by atoms with van der Waals surface area (Å²) in [6.45, 7) is 2.47. The van der Waals surface area contributed by atoms with Crippen LogP contribution in [0.25, 0.3) is 10.9 Å². The molecule has 2 amide bonds. The van der Waals surface area contributed by atoms with Gasteiger partial charge in [-0.2, -0.15) is 0 Å². The number of carbonyl (C=O) groups is 2. The van der Waals surface area contributed by atoms with E-state index in [2.05, 4.69) is 15.6 Å². The Balaban J connectivity index is 1.52. The number of rotatable bonds is 6. The monoisotopic (exact) mass is 353 g/mol. The number of aryl methyl sites for hydroxylation is 1. The molecule has 3 aromatic rings. The third kappa shape index (κ3) is 4.22. The molecule has 3 rings (SSSR count). The number of hydrogen-bond acceptors (Lipinski definition) is 4. The summed E-state index contributed by atoms with van der Waals surface area (Å²) in [5.41, 5.74) is 2.73. The summed E-state index contributed by atoms with van der Waals surface area (Å²) in [6, 6.07) is 11.3. The fourth-order valence-corrected chi connectivity index (χ4v) is 3.22. The van der Waals surface area contributed by atoms with Gasteiger partial charge in [0, 0.05) is 24.5 Å². The third-order valence-electron chi connectivity index (χ3n) is 3.86. The Morgan fingerprint density at radius 3 is 2.84 bits per heavy atom. The number of benzene rings is 1. The molecule has 5 nitrogen and oxygen atoms in total. The van der Waals surface area contributed by atoms with Crippen molar-refractivity contribution >= 4 is 39.7 Å². The molecule has 0 saturated heterocycles. The highest BCUT2D eigenvalue weighted by Gasteiger charge is 2.09. The van der Waals surface area contributed by atoms with Gasteiger partial charge in [0.25, 0.3) is 5.91 Å². The predicted molar refractivity (Wildman–Crippen MR) is 101 cm³/mol. The molecule has 0 aliphatic rings. The molecule has 6 heteroatoms. The van der Waals surface area contributed by atoms with Gasteiger partial charge in [0.1, 0.15) is 0 Å². The molecule has 0 spiro atoms. The van der Waals surface area contributed by atoms with Crippen LogP contribution in [0.1, 0.15) is 28.1 Å². The van der Waals surface area contributed by atoms with E-state index in [0.717, 1.165) is 22.2 Å². The molecule has 0 bridgehead atoms. The van der Waals surface area contributed by atoms with E-state index in [1.807, 2.05) is 42.6 Å². The standard InChI is InChI=1S/C19H19N3O2S/c1-13-8-9-15(14-5-2-10-20-18(13)14)22-17(23)7-3-11-21-19(24)16-6-4-12-25-16/h2,4-6,8-10,12H,3,7,11H2,1H3,(H,21,24)(H,22,23). The van der Waals surface area contributed by atoms with Crippen molar-refractivity contribution in [3.8, 4) is 0 Å². The molecular weight excluding hydrogens is 334 g/mol. The number of fused-ring (bicyclic) bond motifs is 1.